The molecule has 0 aliphatic carbocycles. The Morgan fingerprint density at radius 3 is 2.74 bits per heavy atom. The second kappa shape index (κ2) is 6.94. The molecule has 6 heteroatoms. The maximum atomic E-state index is 13.2. The molecule has 3 aromatic rings. The Morgan fingerprint density at radius 2 is 1.93 bits per heavy atom. The van der Waals surface area contributed by atoms with E-state index >= 15 is 0 Å². The Morgan fingerprint density at radius 1 is 1.07 bits per heavy atom. The summed E-state index contributed by atoms with van der Waals surface area (Å²) < 4.78 is 0. The zero-order valence-corrected chi connectivity index (χ0v) is 16.4. The summed E-state index contributed by atoms with van der Waals surface area (Å²) in [7, 11) is 0. The zero-order valence-electron chi connectivity index (χ0n) is 14.7. The van der Waals surface area contributed by atoms with E-state index < -0.39 is 0 Å². The van der Waals surface area contributed by atoms with Crippen LogP contribution in [0.3, 0.4) is 0 Å². The van der Waals surface area contributed by atoms with Gasteiger partial charge in [0.25, 0.3) is 5.91 Å². The lowest BCUT2D eigenvalue weighted by molar-refractivity contribution is -0.131. The molecule has 5 rings (SSSR count). The van der Waals surface area contributed by atoms with Crippen molar-refractivity contribution in [3.05, 3.63) is 74.6 Å². The molecule has 0 saturated carbocycles. The highest BCUT2D eigenvalue weighted by molar-refractivity contribution is 7.12. The molecule has 2 aliphatic rings. The number of nitrogens with zero attached hydrogens (tertiary/aromatic N) is 3. The molecule has 136 valence electrons. The predicted octanol–water partition coefficient (Wildman–Crippen LogP) is 4.55. The van der Waals surface area contributed by atoms with Crippen LogP contribution in [0, 0.1) is 0 Å². The van der Waals surface area contributed by atoms with Gasteiger partial charge in [0.1, 0.15) is 0 Å². The summed E-state index contributed by atoms with van der Waals surface area (Å²) in [4.78, 5) is 17.7. The Balaban J connectivity index is 1.41. The number of thiophene rings is 2. The second-order valence-corrected chi connectivity index (χ2v) is 8.72. The van der Waals surface area contributed by atoms with E-state index in [4.69, 9.17) is 5.10 Å². The van der Waals surface area contributed by atoms with Crippen LogP contribution >= 0.6 is 22.7 Å². The lowest BCUT2D eigenvalue weighted by Crippen LogP contribution is -2.37. The molecule has 0 radical (unpaired) electrons. The largest absolute Gasteiger partial charge is 0.362 e. The minimum absolute atomic E-state index is 0.00690. The second-order valence-electron chi connectivity index (χ2n) is 6.80. The molecular formula is C21H19N3OS2. The van der Waals surface area contributed by atoms with E-state index in [-0.39, 0.29) is 11.9 Å². The summed E-state index contributed by atoms with van der Waals surface area (Å²) in [6, 6.07) is 16.6. The van der Waals surface area contributed by atoms with Gasteiger partial charge in [0.05, 0.1) is 23.2 Å². The van der Waals surface area contributed by atoms with Gasteiger partial charge in [-0.15, -0.1) is 22.7 Å². The molecule has 4 nitrogen and oxygen atoms in total. The maximum absolute atomic E-state index is 13.2. The van der Waals surface area contributed by atoms with Crippen molar-refractivity contribution in [1.82, 2.24) is 5.01 Å². The number of carbonyl (C=O) groups excluding carboxylic acids is 1. The highest BCUT2D eigenvalue weighted by Gasteiger charge is 2.35. The highest BCUT2D eigenvalue weighted by Crippen LogP contribution is 2.36. The number of carbonyl (C=O) groups is 1. The van der Waals surface area contributed by atoms with E-state index in [0.29, 0.717) is 6.54 Å². The Kier molecular flexibility index (Phi) is 4.30. The van der Waals surface area contributed by atoms with Crippen molar-refractivity contribution in [2.24, 2.45) is 5.10 Å². The van der Waals surface area contributed by atoms with Gasteiger partial charge in [-0.1, -0.05) is 30.3 Å². The summed E-state index contributed by atoms with van der Waals surface area (Å²) in [5.41, 5.74) is 3.52. The molecule has 4 heterocycles. The summed E-state index contributed by atoms with van der Waals surface area (Å²) in [5.74, 6) is 0.0664. The third-order valence-electron chi connectivity index (χ3n) is 5.15. The number of anilines is 1. The third-order valence-corrected chi connectivity index (χ3v) is 7.04. The molecule has 1 atom stereocenters. The summed E-state index contributed by atoms with van der Waals surface area (Å²) >= 11 is 3.38. The normalized spacial score (nSPS) is 18.7. The Hall–Kier alpha value is -2.44. The Bertz CT molecular complexity index is 979. The summed E-state index contributed by atoms with van der Waals surface area (Å²) in [5, 5.41) is 10.6. The average Bonchev–Trinajstić information content (AvgIpc) is 3.47. The van der Waals surface area contributed by atoms with Crippen LogP contribution in [0.2, 0.25) is 0 Å². The van der Waals surface area contributed by atoms with Gasteiger partial charge in [-0.3, -0.25) is 4.79 Å². The van der Waals surface area contributed by atoms with Gasteiger partial charge in [-0.25, -0.2) is 5.01 Å². The van der Waals surface area contributed by atoms with Crippen LogP contribution in [-0.4, -0.2) is 29.7 Å². The van der Waals surface area contributed by atoms with Gasteiger partial charge in [-0.2, -0.15) is 5.10 Å². The van der Waals surface area contributed by atoms with Crippen molar-refractivity contribution >= 4 is 40.0 Å². The number of hydrogen-bond donors (Lipinski definition) is 0. The molecule has 0 saturated heterocycles. The lowest BCUT2D eigenvalue weighted by Gasteiger charge is -2.25. The number of rotatable bonds is 4. The number of hydrogen-bond acceptors (Lipinski definition) is 5. The Labute approximate surface area is 166 Å². The zero-order chi connectivity index (χ0) is 18.2. The molecule has 0 unspecified atom stereocenters. The van der Waals surface area contributed by atoms with Gasteiger partial charge in [0.15, 0.2) is 0 Å². The van der Waals surface area contributed by atoms with E-state index in [1.54, 1.807) is 27.7 Å². The fourth-order valence-corrected chi connectivity index (χ4v) is 5.37. The van der Waals surface area contributed by atoms with E-state index in [0.717, 1.165) is 30.0 Å². The number of para-hydroxylation sites is 1. The molecule has 0 N–H and O–H groups in total. The van der Waals surface area contributed by atoms with E-state index in [1.807, 2.05) is 18.2 Å². The van der Waals surface area contributed by atoms with Gasteiger partial charge >= 0.3 is 0 Å². The van der Waals surface area contributed by atoms with Gasteiger partial charge in [0.2, 0.25) is 0 Å². The summed E-state index contributed by atoms with van der Waals surface area (Å²) in [6.45, 7) is 1.27. The fraction of sp³-hybridized carbons (Fsp3) is 0.238. The third kappa shape index (κ3) is 3.09. The number of amides is 1. The molecule has 2 aliphatic heterocycles. The van der Waals surface area contributed by atoms with Crippen molar-refractivity contribution in [2.45, 2.75) is 18.9 Å². The van der Waals surface area contributed by atoms with Crippen LogP contribution in [0.25, 0.3) is 0 Å². The first-order valence-corrected chi connectivity index (χ1v) is 10.9. The molecule has 2 aromatic heterocycles. The van der Waals surface area contributed by atoms with Crippen molar-refractivity contribution in [2.75, 3.05) is 18.0 Å². The first-order valence-electron chi connectivity index (χ1n) is 9.09. The SMILES string of the molecule is O=C(CN1CCc2ccccc21)N1N=C(c2cccs2)C[C@H]1c1cccs1. The van der Waals surface area contributed by atoms with E-state index in [9.17, 15) is 4.79 Å². The van der Waals surface area contributed by atoms with E-state index in [1.165, 1.54) is 16.1 Å². The van der Waals surface area contributed by atoms with Crippen molar-refractivity contribution in [1.29, 1.82) is 0 Å². The molecule has 0 fully saturated rings. The van der Waals surface area contributed by atoms with Crippen molar-refractivity contribution < 1.29 is 4.79 Å². The van der Waals surface area contributed by atoms with Crippen molar-refractivity contribution in [3.8, 4) is 0 Å². The first-order chi connectivity index (χ1) is 13.3. The maximum Gasteiger partial charge on any atom is 0.262 e. The lowest BCUT2D eigenvalue weighted by atomic mass is 10.1. The van der Waals surface area contributed by atoms with Crippen LogP contribution in [0.15, 0.2) is 64.4 Å². The van der Waals surface area contributed by atoms with E-state index in [2.05, 4.69) is 46.0 Å². The fourth-order valence-electron chi connectivity index (χ4n) is 3.84. The van der Waals surface area contributed by atoms with Crippen LogP contribution in [0.1, 0.15) is 27.8 Å². The van der Waals surface area contributed by atoms with Gasteiger partial charge < -0.3 is 4.90 Å². The minimum atomic E-state index is 0.00690. The molecule has 0 spiro atoms. The minimum Gasteiger partial charge on any atom is -0.362 e. The average molecular weight is 394 g/mol. The summed E-state index contributed by atoms with van der Waals surface area (Å²) in [6.07, 6.45) is 1.78. The molecule has 1 aromatic carbocycles. The molecule has 1 amide bonds. The highest BCUT2D eigenvalue weighted by atomic mass is 32.1. The van der Waals surface area contributed by atoms with Crippen LogP contribution in [0.4, 0.5) is 5.69 Å². The molecule has 27 heavy (non-hydrogen) atoms. The van der Waals surface area contributed by atoms with Crippen molar-refractivity contribution in [3.63, 3.8) is 0 Å². The topological polar surface area (TPSA) is 35.9 Å². The monoisotopic (exact) mass is 393 g/mol. The first kappa shape index (κ1) is 16.7. The van der Waals surface area contributed by atoms with Gasteiger partial charge in [0, 0.05) is 23.5 Å². The molecule has 0 bridgehead atoms. The number of benzene rings is 1. The molecular weight excluding hydrogens is 374 g/mol. The number of fused-ring (bicyclic) bond motifs is 1. The standard InChI is InChI=1S/C21H19N3OS2/c25-21(14-23-10-9-15-5-1-2-6-17(15)23)24-18(20-8-4-12-27-20)13-16(22-24)19-7-3-11-26-19/h1-8,11-12,18H,9-10,13-14H2/t18-/m0/s1. The number of hydrazone groups is 1. The van der Waals surface area contributed by atoms with Crippen LogP contribution in [-0.2, 0) is 11.2 Å². The van der Waals surface area contributed by atoms with Crippen LogP contribution in [0.5, 0.6) is 0 Å². The quantitative estimate of drug-likeness (QED) is 0.652. The predicted molar refractivity (Wildman–Crippen MR) is 112 cm³/mol. The van der Waals surface area contributed by atoms with Gasteiger partial charge in [-0.05, 0) is 40.9 Å². The van der Waals surface area contributed by atoms with Crippen LogP contribution < -0.4 is 4.90 Å². The smallest absolute Gasteiger partial charge is 0.262 e.